The highest BCUT2D eigenvalue weighted by Crippen LogP contribution is 2.30. The van der Waals surface area contributed by atoms with Gasteiger partial charge in [-0.15, -0.1) is 11.3 Å². The van der Waals surface area contributed by atoms with E-state index in [2.05, 4.69) is 22.2 Å². The van der Waals surface area contributed by atoms with Crippen molar-refractivity contribution in [1.82, 2.24) is 9.88 Å². The second-order valence-electron chi connectivity index (χ2n) is 6.17. The summed E-state index contributed by atoms with van der Waals surface area (Å²) >= 11 is 1.68. The molecule has 1 aromatic heterocycles. The molecule has 0 atom stereocenters. The molecule has 9 heteroatoms. The van der Waals surface area contributed by atoms with Crippen molar-refractivity contribution in [2.75, 3.05) is 31.1 Å². The highest BCUT2D eigenvalue weighted by Gasteiger charge is 2.25. The zero-order valence-electron chi connectivity index (χ0n) is 14.6. The van der Waals surface area contributed by atoms with Crippen LogP contribution in [0, 0.1) is 10.1 Å². The van der Waals surface area contributed by atoms with Crippen LogP contribution in [0.3, 0.4) is 0 Å². The Morgan fingerprint density at radius 1 is 1.35 bits per heavy atom. The number of piperazine rings is 1. The van der Waals surface area contributed by atoms with Crippen molar-refractivity contribution >= 4 is 28.6 Å². The molecule has 0 unspecified atom stereocenters. The number of nitrogens with zero attached hydrogens (tertiary/aromatic N) is 4. The van der Waals surface area contributed by atoms with Crippen LogP contribution in [0.2, 0.25) is 0 Å². The molecule has 1 aliphatic rings. The van der Waals surface area contributed by atoms with Gasteiger partial charge in [0.2, 0.25) is 5.91 Å². The molecule has 1 fully saturated rings. The maximum Gasteiger partial charge on any atom is 0.293 e. The molecule has 2 aromatic rings. The van der Waals surface area contributed by atoms with Gasteiger partial charge in [0, 0.05) is 49.7 Å². The minimum Gasteiger partial charge on any atom is -0.366 e. The number of nitrogens with two attached hydrogens (primary N) is 1. The predicted molar refractivity (Wildman–Crippen MR) is 101 cm³/mol. The van der Waals surface area contributed by atoms with Gasteiger partial charge >= 0.3 is 0 Å². The molecule has 1 amide bonds. The first-order chi connectivity index (χ1) is 12.5. The summed E-state index contributed by atoms with van der Waals surface area (Å²) in [5, 5.41) is 14.6. The van der Waals surface area contributed by atoms with E-state index in [-0.39, 0.29) is 11.3 Å². The van der Waals surface area contributed by atoms with Gasteiger partial charge in [-0.3, -0.25) is 19.8 Å². The molecule has 0 aliphatic carbocycles. The summed E-state index contributed by atoms with van der Waals surface area (Å²) in [5.41, 5.74) is 6.90. The topological polar surface area (TPSA) is 106 Å². The molecular weight excluding hydrogens is 354 g/mol. The van der Waals surface area contributed by atoms with E-state index in [1.165, 1.54) is 6.07 Å². The molecule has 8 nitrogen and oxygen atoms in total. The summed E-state index contributed by atoms with van der Waals surface area (Å²) in [7, 11) is 0. The first-order valence-electron chi connectivity index (χ1n) is 8.46. The van der Waals surface area contributed by atoms with Gasteiger partial charge in [0.25, 0.3) is 5.69 Å². The SMILES string of the molecule is CCc1nc(CN2CCN(c3ccc(C(N)=O)cc3[N+](=O)[O-])CC2)cs1. The van der Waals surface area contributed by atoms with Crippen LogP contribution in [0.5, 0.6) is 0 Å². The maximum atomic E-state index is 11.4. The number of rotatable bonds is 6. The molecule has 2 heterocycles. The lowest BCUT2D eigenvalue weighted by molar-refractivity contribution is -0.384. The number of hydrogen-bond donors (Lipinski definition) is 1. The highest BCUT2D eigenvalue weighted by molar-refractivity contribution is 7.09. The van der Waals surface area contributed by atoms with Gasteiger partial charge in [-0.05, 0) is 18.6 Å². The number of carbonyl (C=O) groups is 1. The summed E-state index contributed by atoms with van der Waals surface area (Å²) in [4.78, 5) is 31.1. The van der Waals surface area contributed by atoms with Crippen LogP contribution in [-0.2, 0) is 13.0 Å². The zero-order valence-corrected chi connectivity index (χ0v) is 15.4. The first kappa shape index (κ1) is 18.3. The lowest BCUT2D eigenvalue weighted by Gasteiger charge is -2.35. The highest BCUT2D eigenvalue weighted by atomic mass is 32.1. The van der Waals surface area contributed by atoms with Crippen LogP contribution >= 0.6 is 11.3 Å². The van der Waals surface area contributed by atoms with E-state index in [0.29, 0.717) is 18.8 Å². The smallest absolute Gasteiger partial charge is 0.293 e. The Labute approximate surface area is 155 Å². The molecule has 1 aromatic carbocycles. The van der Waals surface area contributed by atoms with Gasteiger partial charge in [-0.25, -0.2) is 4.98 Å². The summed E-state index contributed by atoms with van der Waals surface area (Å²) in [5.74, 6) is -0.667. The number of nitro groups is 1. The van der Waals surface area contributed by atoms with Crippen molar-refractivity contribution in [3.8, 4) is 0 Å². The maximum absolute atomic E-state index is 11.4. The second kappa shape index (κ2) is 7.79. The van der Waals surface area contributed by atoms with E-state index < -0.39 is 10.8 Å². The summed E-state index contributed by atoms with van der Waals surface area (Å²) in [6.45, 7) is 5.86. The minimum atomic E-state index is -0.667. The number of primary amides is 1. The molecule has 1 saturated heterocycles. The van der Waals surface area contributed by atoms with Gasteiger partial charge in [-0.2, -0.15) is 0 Å². The Hall–Kier alpha value is -2.52. The summed E-state index contributed by atoms with van der Waals surface area (Å²) in [6.07, 6.45) is 0.948. The van der Waals surface area contributed by atoms with E-state index in [1.54, 1.807) is 23.5 Å². The van der Waals surface area contributed by atoms with Crippen LogP contribution in [-0.4, -0.2) is 46.9 Å². The molecule has 0 spiro atoms. The standard InChI is InChI=1S/C17H21N5O3S/c1-2-16-19-13(11-26-16)10-20-5-7-21(8-6-20)14-4-3-12(17(18)23)9-15(14)22(24)25/h3-4,9,11H,2,5-8,10H2,1H3,(H2,18,23). The third-order valence-corrected chi connectivity index (χ3v) is 5.50. The number of hydrogen-bond acceptors (Lipinski definition) is 7. The number of amides is 1. The number of aromatic nitrogens is 1. The quantitative estimate of drug-likeness (QED) is 0.612. The fourth-order valence-electron chi connectivity index (χ4n) is 3.05. The van der Waals surface area contributed by atoms with E-state index >= 15 is 0 Å². The molecular formula is C17H21N5O3S. The fraction of sp³-hybridized carbons (Fsp3) is 0.412. The van der Waals surface area contributed by atoms with Crippen LogP contribution in [0.4, 0.5) is 11.4 Å². The number of aryl methyl sites for hydroxylation is 1. The lowest BCUT2D eigenvalue weighted by Crippen LogP contribution is -2.46. The summed E-state index contributed by atoms with van der Waals surface area (Å²) < 4.78 is 0. The monoisotopic (exact) mass is 375 g/mol. The average Bonchev–Trinajstić information content (AvgIpc) is 3.09. The van der Waals surface area contributed by atoms with Gasteiger partial charge in [0.1, 0.15) is 5.69 Å². The van der Waals surface area contributed by atoms with Gasteiger partial charge in [-0.1, -0.05) is 6.92 Å². The van der Waals surface area contributed by atoms with Crippen LogP contribution < -0.4 is 10.6 Å². The molecule has 138 valence electrons. The fourth-order valence-corrected chi connectivity index (χ4v) is 3.79. The number of thiazole rings is 1. The molecule has 0 saturated carbocycles. The molecule has 26 heavy (non-hydrogen) atoms. The summed E-state index contributed by atoms with van der Waals surface area (Å²) in [6, 6.07) is 4.41. The van der Waals surface area contributed by atoms with E-state index in [9.17, 15) is 14.9 Å². The Morgan fingerprint density at radius 2 is 2.08 bits per heavy atom. The van der Waals surface area contributed by atoms with E-state index in [4.69, 9.17) is 5.73 Å². The first-order valence-corrected chi connectivity index (χ1v) is 9.34. The number of nitro benzene ring substituents is 1. The average molecular weight is 375 g/mol. The minimum absolute atomic E-state index is 0.0816. The van der Waals surface area contributed by atoms with Crippen molar-refractivity contribution in [2.45, 2.75) is 19.9 Å². The van der Waals surface area contributed by atoms with Crippen molar-refractivity contribution in [2.24, 2.45) is 5.73 Å². The third kappa shape index (κ3) is 4.00. The van der Waals surface area contributed by atoms with Gasteiger partial charge in [0.05, 0.1) is 15.6 Å². The second-order valence-corrected chi connectivity index (χ2v) is 7.12. The van der Waals surface area contributed by atoms with Crippen molar-refractivity contribution in [1.29, 1.82) is 0 Å². The zero-order chi connectivity index (χ0) is 18.7. The Kier molecular flexibility index (Phi) is 5.48. The molecule has 0 bridgehead atoms. The Morgan fingerprint density at radius 3 is 2.65 bits per heavy atom. The van der Waals surface area contributed by atoms with E-state index in [1.807, 2.05) is 4.90 Å². The largest absolute Gasteiger partial charge is 0.366 e. The van der Waals surface area contributed by atoms with Crippen LogP contribution in [0.25, 0.3) is 0 Å². The lowest BCUT2D eigenvalue weighted by atomic mass is 10.1. The van der Waals surface area contributed by atoms with Gasteiger partial charge in [0.15, 0.2) is 0 Å². The van der Waals surface area contributed by atoms with Crippen molar-refractivity contribution in [3.05, 3.63) is 50.0 Å². The molecule has 2 N–H and O–H groups in total. The van der Waals surface area contributed by atoms with Crippen molar-refractivity contribution < 1.29 is 9.72 Å². The third-order valence-electron chi connectivity index (χ3n) is 4.46. The number of anilines is 1. The van der Waals surface area contributed by atoms with E-state index in [0.717, 1.165) is 36.8 Å². The van der Waals surface area contributed by atoms with Crippen molar-refractivity contribution in [3.63, 3.8) is 0 Å². The Balaban J connectivity index is 1.67. The molecule has 1 aliphatic heterocycles. The number of benzene rings is 1. The van der Waals surface area contributed by atoms with Crippen LogP contribution in [0.15, 0.2) is 23.6 Å². The molecule has 0 radical (unpaired) electrons. The van der Waals surface area contributed by atoms with Gasteiger partial charge < -0.3 is 10.6 Å². The number of carbonyl (C=O) groups excluding carboxylic acids is 1. The normalized spacial score (nSPS) is 15.2. The Bertz CT molecular complexity index is 814. The molecule has 3 rings (SSSR count). The van der Waals surface area contributed by atoms with Crippen LogP contribution in [0.1, 0.15) is 28.0 Å². The predicted octanol–water partition coefficient (Wildman–Crippen LogP) is 2.03.